The number of methoxy groups -OCH3 is 2. The molecule has 0 spiro atoms. The Morgan fingerprint density at radius 1 is 1.07 bits per heavy atom. The summed E-state index contributed by atoms with van der Waals surface area (Å²) in [5.41, 5.74) is -1.47. The van der Waals surface area contributed by atoms with E-state index in [2.05, 4.69) is 4.74 Å². The van der Waals surface area contributed by atoms with E-state index in [1.807, 2.05) is 6.92 Å². The van der Waals surface area contributed by atoms with Crippen molar-refractivity contribution in [1.82, 2.24) is 4.57 Å². The highest BCUT2D eigenvalue weighted by Gasteiger charge is 2.48. The SMILES string of the molecule is CCCCn1c(C(=O)OC)c(F)c(C2OC(CO)C(O)C(O)C2O)c1C(=O)OC. The summed E-state index contributed by atoms with van der Waals surface area (Å²) in [6, 6.07) is 0. The smallest absolute Gasteiger partial charge is 0.357 e. The van der Waals surface area contributed by atoms with Crippen LogP contribution in [0, 0.1) is 5.82 Å². The van der Waals surface area contributed by atoms with Gasteiger partial charge in [0.25, 0.3) is 0 Å². The lowest BCUT2D eigenvalue weighted by atomic mass is 9.91. The number of esters is 2. The van der Waals surface area contributed by atoms with Gasteiger partial charge in [0.15, 0.2) is 11.5 Å². The molecule has 0 radical (unpaired) electrons. The molecule has 0 bridgehead atoms. The Morgan fingerprint density at radius 2 is 1.66 bits per heavy atom. The first-order valence-electron chi connectivity index (χ1n) is 9.14. The molecule has 29 heavy (non-hydrogen) atoms. The van der Waals surface area contributed by atoms with Gasteiger partial charge >= 0.3 is 11.9 Å². The van der Waals surface area contributed by atoms with Crippen molar-refractivity contribution in [2.75, 3.05) is 20.8 Å². The van der Waals surface area contributed by atoms with Crippen LogP contribution in [0.1, 0.15) is 52.4 Å². The molecule has 1 aliphatic heterocycles. The molecule has 1 saturated heterocycles. The average Bonchev–Trinajstić information content (AvgIpc) is 3.01. The highest BCUT2D eigenvalue weighted by atomic mass is 19.1. The largest absolute Gasteiger partial charge is 0.464 e. The molecule has 5 unspecified atom stereocenters. The second kappa shape index (κ2) is 9.63. The zero-order valence-corrected chi connectivity index (χ0v) is 16.4. The normalized spacial score (nSPS) is 27.0. The van der Waals surface area contributed by atoms with E-state index >= 15 is 4.39 Å². The first-order chi connectivity index (χ1) is 13.7. The molecule has 10 nitrogen and oxygen atoms in total. The predicted octanol–water partition coefficient (Wildman–Crippen LogP) is -0.485. The summed E-state index contributed by atoms with van der Waals surface area (Å²) in [4.78, 5) is 24.7. The molecule has 0 amide bonds. The van der Waals surface area contributed by atoms with Crippen LogP contribution >= 0.6 is 0 Å². The zero-order valence-electron chi connectivity index (χ0n) is 16.4. The van der Waals surface area contributed by atoms with Gasteiger partial charge in [-0.2, -0.15) is 0 Å². The first kappa shape index (κ1) is 23.2. The summed E-state index contributed by atoms with van der Waals surface area (Å²) < 4.78 is 31.2. The van der Waals surface area contributed by atoms with Crippen molar-refractivity contribution in [1.29, 1.82) is 0 Å². The Labute approximate surface area is 166 Å². The minimum atomic E-state index is -1.85. The van der Waals surface area contributed by atoms with Gasteiger partial charge in [0.1, 0.15) is 36.2 Å². The van der Waals surface area contributed by atoms with Crippen molar-refractivity contribution in [3.05, 3.63) is 22.8 Å². The van der Waals surface area contributed by atoms with Crippen LogP contribution in [0.5, 0.6) is 0 Å². The molecule has 11 heteroatoms. The van der Waals surface area contributed by atoms with Crippen LogP contribution in [0.4, 0.5) is 4.39 Å². The molecule has 1 aromatic heterocycles. The van der Waals surface area contributed by atoms with Crippen LogP contribution in [0.2, 0.25) is 0 Å². The summed E-state index contributed by atoms with van der Waals surface area (Å²) in [5.74, 6) is -3.24. The van der Waals surface area contributed by atoms with Crippen molar-refractivity contribution < 1.29 is 48.6 Å². The Balaban J connectivity index is 2.73. The van der Waals surface area contributed by atoms with Crippen LogP contribution in [-0.2, 0) is 20.8 Å². The number of halogens is 1. The second-order valence-electron chi connectivity index (χ2n) is 6.66. The number of carbonyl (C=O) groups excluding carboxylic acids is 2. The van der Waals surface area contributed by atoms with Gasteiger partial charge in [0.2, 0.25) is 0 Å². The number of ether oxygens (including phenoxy) is 3. The van der Waals surface area contributed by atoms with Crippen LogP contribution in [0.3, 0.4) is 0 Å². The molecule has 1 fully saturated rings. The molecular formula is C18H26FNO9. The Bertz CT molecular complexity index is 748. The summed E-state index contributed by atoms with van der Waals surface area (Å²) in [6.07, 6.45) is -7.16. The quantitative estimate of drug-likeness (QED) is 0.430. The van der Waals surface area contributed by atoms with Crippen LogP contribution < -0.4 is 0 Å². The maximum absolute atomic E-state index is 15.4. The van der Waals surface area contributed by atoms with E-state index < -0.39 is 66.1 Å². The lowest BCUT2D eigenvalue weighted by Gasteiger charge is -2.40. The Hall–Kier alpha value is -2.05. The summed E-state index contributed by atoms with van der Waals surface area (Å²) in [6.45, 7) is 1.19. The summed E-state index contributed by atoms with van der Waals surface area (Å²) in [7, 11) is 2.11. The standard InChI is InChI=1S/C18H26FNO9/c1-4-5-6-20-11(17(25)27-2)9(10(19)12(20)18(26)28-3)16-15(24)14(23)13(22)8(7-21)29-16/h8,13-16,21-24H,4-7H2,1-3H3. The van der Waals surface area contributed by atoms with Gasteiger partial charge in [-0.25, -0.2) is 14.0 Å². The van der Waals surface area contributed by atoms with Gasteiger partial charge in [0.05, 0.1) is 26.4 Å². The number of aliphatic hydroxyl groups is 4. The first-order valence-corrected chi connectivity index (χ1v) is 9.14. The Kier molecular flexibility index (Phi) is 7.72. The molecule has 0 aromatic carbocycles. The fourth-order valence-electron chi connectivity index (χ4n) is 3.36. The van der Waals surface area contributed by atoms with Crippen LogP contribution in [-0.4, -0.2) is 82.2 Å². The van der Waals surface area contributed by atoms with Gasteiger partial charge in [-0.1, -0.05) is 13.3 Å². The number of carbonyl (C=O) groups is 2. The monoisotopic (exact) mass is 419 g/mol. The van der Waals surface area contributed by atoms with Crippen molar-refractivity contribution in [3.63, 3.8) is 0 Å². The third-order valence-corrected chi connectivity index (χ3v) is 4.91. The van der Waals surface area contributed by atoms with Crippen LogP contribution in [0.25, 0.3) is 0 Å². The topological polar surface area (TPSA) is 148 Å². The van der Waals surface area contributed by atoms with E-state index in [0.29, 0.717) is 12.8 Å². The molecule has 0 saturated carbocycles. The number of aromatic nitrogens is 1. The van der Waals surface area contributed by atoms with E-state index in [0.717, 1.165) is 18.8 Å². The van der Waals surface area contributed by atoms with Crippen molar-refractivity contribution in [2.45, 2.75) is 56.8 Å². The van der Waals surface area contributed by atoms with Crippen LogP contribution in [0.15, 0.2) is 0 Å². The van der Waals surface area contributed by atoms with E-state index in [1.165, 1.54) is 0 Å². The van der Waals surface area contributed by atoms with E-state index in [1.54, 1.807) is 0 Å². The van der Waals surface area contributed by atoms with E-state index in [4.69, 9.17) is 9.47 Å². The Morgan fingerprint density at radius 3 is 2.17 bits per heavy atom. The minimum absolute atomic E-state index is 0.0692. The molecule has 1 aromatic rings. The number of aliphatic hydroxyl groups excluding tert-OH is 4. The van der Waals surface area contributed by atoms with Crippen molar-refractivity contribution in [3.8, 4) is 0 Å². The fraction of sp³-hybridized carbons (Fsp3) is 0.667. The number of hydrogen-bond donors (Lipinski definition) is 4. The van der Waals surface area contributed by atoms with Gasteiger partial charge in [0, 0.05) is 6.54 Å². The van der Waals surface area contributed by atoms with E-state index in [9.17, 15) is 30.0 Å². The van der Waals surface area contributed by atoms with Gasteiger partial charge in [-0.05, 0) is 6.42 Å². The maximum atomic E-state index is 15.4. The molecule has 2 heterocycles. The van der Waals surface area contributed by atoms with Gasteiger partial charge in [-0.15, -0.1) is 0 Å². The third kappa shape index (κ3) is 4.14. The molecular weight excluding hydrogens is 393 g/mol. The van der Waals surface area contributed by atoms with Gasteiger partial charge < -0.3 is 39.2 Å². The number of hydrogen-bond acceptors (Lipinski definition) is 9. The highest BCUT2D eigenvalue weighted by molar-refractivity contribution is 5.95. The second-order valence-corrected chi connectivity index (χ2v) is 6.66. The predicted molar refractivity (Wildman–Crippen MR) is 94.7 cm³/mol. The molecule has 164 valence electrons. The van der Waals surface area contributed by atoms with E-state index in [-0.39, 0.29) is 12.2 Å². The number of rotatable bonds is 7. The number of unbranched alkanes of at least 4 members (excludes halogenated alkanes) is 1. The number of nitrogens with zero attached hydrogens (tertiary/aromatic N) is 1. The highest BCUT2D eigenvalue weighted by Crippen LogP contribution is 2.38. The van der Waals surface area contributed by atoms with Crippen molar-refractivity contribution >= 4 is 11.9 Å². The fourth-order valence-corrected chi connectivity index (χ4v) is 3.36. The molecule has 1 aliphatic rings. The maximum Gasteiger partial charge on any atom is 0.357 e. The zero-order chi connectivity index (χ0) is 21.9. The third-order valence-electron chi connectivity index (χ3n) is 4.91. The molecule has 5 atom stereocenters. The molecule has 4 N–H and O–H groups in total. The lowest BCUT2D eigenvalue weighted by molar-refractivity contribution is -0.232. The minimum Gasteiger partial charge on any atom is -0.464 e. The molecule has 2 rings (SSSR count). The lowest BCUT2D eigenvalue weighted by Crippen LogP contribution is -2.55. The molecule has 0 aliphatic carbocycles. The summed E-state index contributed by atoms with van der Waals surface area (Å²) >= 11 is 0. The van der Waals surface area contributed by atoms with Gasteiger partial charge in [-0.3, -0.25) is 0 Å². The summed E-state index contributed by atoms with van der Waals surface area (Å²) in [5, 5.41) is 39.8. The van der Waals surface area contributed by atoms with Crippen molar-refractivity contribution in [2.24, 2.45) is 0 Å². The average molecular weight is 419 g/mol.